The second-order valence-electron chi connectivity index (χ2n) is 5.41. The summed E-state index contributed by atoms with van der Waals surface area (Å²) in [6.45, 7) is 6.16. The van der Waals surface area contributed by atoms with Crippen molar-refractivity contribution in [2.24, 2.45) is 5.41 Å². The van der Waals surface area contributed by atoms with E-state index in [4.69, 9.17) is 0 Å². The molecule has 2 N–H and O–H groups in total. The third kappa shape index (κ3) is 1.58. The van der Waals surface area contributed by atoms with E-state index >= 15 is 0 Å². The summed E-state index contributed by atoms with van der Waals surface area (Å²) in [5.74, 6) is 0.990. The van der Waals surface area contributed by atoms with Crippen molar-refractivity contribution in [2.45, 2.75) is 20.3 Å². The Morgan fingerprint density at radius 1 is 1.44 bits per heavy atom. The molecule has 1 aliphatic rings. The molecular weight excluding hydrogens is 228 g/mol. The van der Waals surface area contributed by atoms with Crippen LogP contribution >= 0.6 is 0 Å². The fraction of sp³-hybridized carbons (Fsp3) is 0.538. The van der Waals surface area contributed by atoms with Crippen LogP contribution < -0.4 is 4.90 Å². The first-order chi connectivity index (χ1) is 8.67. The van der Waals surface area contributed by atoms with E-state index in [9.17, 15) is 5.11 Å². The number of aliphatic hydroxyl groups is 1. The molecule has 5 nitrogen and oxygen atoms in total. The van der Waals surface area contributed by atoms with Crippen LogP contribution in [0.3, 0.4) is 0 Å². The van der Waals surface area contributed by atoms with E-state index in [1.807, 2.05) is 6.20 Å². The summed E-state index contributed by atoms with van der Waals surface area (Å²) in [6.07, 6.45) is 4.57. The molecule has 18 heavy (non-hydrogen) atoms. The third-order valence-electron chi connectivity index (χ3n) is 3.74. The Bertz CT molecular complexity index is 571. The lowest BCUT2D eigenvalue weighted by atomic mass is 9.83. The van der Waals surface area contributed by atoms with Gasteiger partial charge in [0.2, 0.25) is 0 Å². The highest BCUT2D eigenvalue weighted by Gasteiger charge is 2.39. The van der Waals surface area contributed by atoms with Gasteiger partial charge in [-0.25, -0.2) is 9.97 Å². The summed E-state index contributed by atoms with van der Waals surface area (Å²) in [7, 11) is 0. The highest BCUT2D eigenvalue weighted by Crippen LogP contribution is 2.36. The maximum atomic E-state index is 9.32. The summed E-state index contributed by atoms with van der Waals surface area (Å²) in [5, 5.41) is 10.4. The first-order valence-electron chi connectivity index (χ1n) is 6.33. The number of aliphatic hydroxyl groups excluding tert-OH is 1. The molecule has 1 saturated heterocycles. The molecule has 5 heteroatoms. The summed E-state index contributed by atoms with van der Waals surface area (Å²) < 4.78 is 0. The molecule has 2 aromatic rings. The Balaban J connectivity index is 2.00. The van der Waals surface area contributed by atoms with E-state index < -0.39 is 0 Å². The quantitative estimate of drug-likeness (QED) is 0.857. The molecule has 0 atom stereocenters. The molecule has 0 amide bonds. The zero-order valence-electron chi connectivity index (χ0n) is 10.8. The standard InChI is InChI=1S/C13H18N4O/c1-3-9-4-14-11-10(9)12(16-8-15-11)17-5-13(2,6-17)7-18/h4,8,18H,3,5-7H2,1-2H3,(H,14,15,16). The molecule has 1 aliphatic heterocycles. The Labute approximate surface area is 106 Å². The molecule has 96 valence electrons. The van der Waals surface area contributed by atoms with Crippen LogP contribution in [0.25, 0.3) is 11.0 Å². The van der Waals surface area contributed by atoms with Crippen LogP contribution in [0.1, 0.15) is 19.4 Å². The van der Waals surface area contributed by atoms with E-state index in [-0.39, 0.29) is 12.0 Å². The molecule has 0 unspecified atom stereocenters. The SMILES string of the molecule is CCc1c[nH]c2ncnc(N3CC(C)(CO)C3)c12. The van der Waals surface area contributed by atoms with Crippen LogP contribution in [-0.4, -0.2) is 39.8 Å². The van der Waals surface area contributed by atoms with Gasteiger partial charge in [0.25, 0.3) is 0 Å². The molecule has 0 saturated carbocycles. The van der Waals surface area contributed by atoms with E-state index in [0.717, 1.165) is 36.4 Å². The number of hydrogen-bond acceptors (Lipinski definition) is 4. The molecule has 0 aliphatic carbocycles. The Kier molecular flexibility index (Phi) is 2.52. The Morgan fingerprint density at radius 2 is 2.22 bits per heavy atom. The first kappa shape index (κ1) is 11.5. The van der Waals surface area contributed by atoms with Gasteiger partial charge in [0.1, 0.15) is 17.8 Å². The van der Waals surface area contributed by atoms with Gasteiger partial charge in [0.15, 0.2) is 0 Å². The molecule has 1 fully saturated rings. The predicted molar refractivity (Wildman–Crippen MR) is 70.7 cm³/mol. The van der Waals surface area contributed by atoms with Gasteiger partial charge in [-0.05, 0) is 12.0 Å². The van der Waals surface area contributed by atoms with Crippen LogP contribution in [0.4, 0.5) is 5.82 Å². The number of nitrogens with one attached hydrogen (secondary N) is 1. The lowest BCUT2D eigenvalue weighted by molar-refractivity contribution is 0.111. The minimum atomic E-state index is 0.0138. The number of aromatic nitrogens is 3. The lowest BCUT2D eigenvalue weighted by Crippen LogP contribution is -2.57. The van der Waals surface area contributed by atoms with Gasteiger partial charge in [-0.15, -0.1) is 0 Å². The number of fused-ring (bicyclic) bond motifs is 1. The molecule has 0 bridgehead atoms. The number of rotatable bonds is 3. The highest BCUT2D eigenvalue weighted by atomic mass is 16.3. The third-order valence-corrected chi connectivity index (χ3v) is 3.74. The molecule has 3 heterocycles. The van der Waals surface area contributed by atoms with Crippen LogP contribution in [0.15, 0.2) is 12.5 Å². The van der Waals surface area contributed by atoms with E-state index in [1.165, 1.54) is 5.56 Å². The van der Waals surface area contributed by atoms with Gasteiger partial charge < -0.3 is 15.0 Å². The fourth-order valence-electron chi connectivity index (χ4n) is 2.65. The van der Waals surface area contributed by atoms with Crippen molar-refractivity contribution in [3.05, 3.63) is 18.1 Å². The Hall–Kier alpha value is -1.62. The van der Waals surface area contributed by atoms with Gasteiger partial charge in [-0.2, -0.15) is 0 Å². The zero-order valence-corrected chi connectivity index (χ0v) is 10.8. The average molecular weight is 246 g/mol. The number of aryl methyl sites for hydroxylation is 1. The van der Waals surface area contributed by atoms with Gasteiger partial charge in [0, 0.05) is 24.7 Å². The van der Waals surface area contributed by atoms with Gasteiger partial charge in [-0.3, -0.25) is 0 Å². The Morgan fingerprint density at radius 3 is 2.89 bits per heavy atom. The van der Waals surface area contributed by atoms with Crippen LogP contribution in [0.2, 0.25) is 0 Å². The van der Waals surface area contributed by atoms with Crippen molar-refractivity contribution in [1.82, 2.24) is 15.0 Å². The number of H-pyrrole nitrogens is 1. The number of hydrogen-bond donors (Lipinski definition) is 2. The summed E-state index contributed by atoms with van der Waals surface area (Å²) in [5.41, 5.74) is 2.16. The van der Waals surface area contributed by atoms with Crippen molar-refractivity contribution in [2.75, 3.05) is 24.6 Å². The van der Waals surface area contributed by atoms with Crippen molar-refractivity contribution >= 4 is 16.9 Å². The number of aromatic amines is 1. The largest absolute Gasteiger partial charge is 0.396 e. The molecule has 0 aromatic carbocycles. The van der Waals surface area contributed by atoms with E-state index in [1.54, 1.807) is 6.33 Å². The smallest absolute Gasteiger partial charge is 0.143 e. The fourth-order valence-corrected chi connectivity index (χ4v) is 2.65. The minimum Gasteiger partial charge on any atom is -0.396 e. The van der Waals surface area contributed by atoms with Crippen LogP contribution in [0.5, 0.6) is 0 Å². The van der Waals surface area contributed by atoms with Crippen molar-refractivity contribution in [3.63, 3.8) is 0 Å². The van der Waals surface area contributed by atoms with Crippen molar-refractivity contribution in [1.29, 1.82) is 0 Å². The second kappa shape index (κ2) is 3.95. The van der Waals surface area contributed by atoms with Gasteiger partial charge in [0.05, 0.1) is 12.0 Å². The monoisotopic (exact) mass is 246 g/mol. The van der Waals surface area contributed by atoms with Crippen molar-refractivity contribution < 1.29 is 5.11 Å². The summed E-state index contributed by atoms with van der Waals surface area (Å²) in [4.78, 5) is 14.1. The topological polar surface area (TPSA) is 65.0 Å². The molecule has 2 aromatic heterocycles. The van der Waals surface area contributed by atoms with Crippen molar-refractivity contribution in [3.8, 4) is 0 Å². The van der Waals surface area contributed by atoms with Gasteiger partial charge >= 0.3 is 0 Å². The van der Waals surface area contributed by atoms with E-state index in [0.29, 0.717) is 0 Å². The zero-order chi connectivity index (χ0) is 12.8. The normalized spacial score (nSPS) is 18.1. The highest BCUT2D eigenvalue weighted by molar-refractivity contribution is 5.91. The van der Waals surface area contributed by atoms with E-state index in [2.05, 4.69) is 33.7 Å². The summed E-state index contributed by atoms with van der Waals surface area (Å²) >= 11 is 0. The average Bonchev–Trinajstić information content (AvgIpc) is 2.78. The van der Waals surface area contributed by atoms with Crippen LogP contribution in [0, 0.1) is 5.41 Å². The first-order valence-corrected chi connectivity index (χ1v) is 6.33. The molecular formula is C13H18N4O. The summed E-state index contributed by atoms with van der Waals surface area (Å²) in [6, 6.07) is 0. The number of anilines is 1. The molecule has 0 radical (unpaired) electrons. The molecule has 0 spiro atoms. The lowest BCUT2D eigenvalue weighted by Gasteiger charge is -2.47. The van der Waals surface area contributed by atoms with Crippen LogP contribution in [-0.2, 0) is 6.42 Å². The number of nitrogens with zero attached hydrogens (tertiary/aromatic N) is 3. The maximum Gasteiger partial charge on any atom is 0.143 e. The predicted octanol–water partition coefficient (Wildman–Crippen LogP) is 1.34. The maximum absolute atomic E-state index is 9.32. The molecule has 3 rings (SSSR count). The minimum absolute atomic E-state index is 0.0138. The van der Waals surface area contributed by atoms with Gasteiger partial charge in [-0.1, -0.05) is 13.8 Å². The second-order valence-corrected chi connectivity index (χ2v) is 5.41.